The lowest BCUT2D eigenvalue weighted by molar-refractivity contribution is 0.288. The lowest BCUT2D eigenvalue weighted by Crippen LogP contribution is -2.05. The van der Waals surface area contributed by atoms with Crippen LogP contribution in [-0.2, 0) is 19.3 Å². The molecule has 6 aromatic rings. The van der Waals surface area contributed by atoms with Gasteiger partial charge in [-0.25, -0.2) is 15.0 Å². The van der Waals surface area contributed by atoms with Crippen molar-refractivity contribution in [3.8, 4) is 51.7 Å². The summed E-state index contributed by atoms with van der Waals surface area (Å²) in [5, 5.41) is 9.85. The minimum atomic E-state index is -0.0414. The maximum absolute atomic E-state index is 9.85. The molecule has 0 spiro atoms. The van der Waals surface area contributed by atoms with Gasteiger partial charge in [-0.05, 0) is 60.0 Å². The fourth-order valence-electron chi connectivity index (χ4n) is 5.98. The summed E-state index contributed by atoms with van der Waals surface area (Å²) in [6.45, 7) is 2.42. The first-order valence-electron chi connectivity index (χ1n) is 18.9. The largest absolute Gasteiger partial charge is 0.502 e. The molecule has 3 aromatic carbocycles. The summed E-state index contributed by atoms with van der Waals surface area (Å²) in [6, 6.07) is 10.9. The standard InChI is InChI=1S/C15H20N4O3.C14H18N4O3.C13H16N4O3/c1-4-22-13-11(20-2)6-9(7-12(13)21-3)5-10-8-18-15(17)19-14(10)16;1-19-10-5-8(6-11(20-2)12(10)21-3)4-9-7-17-14(16)18-13(9)15;1-19-9-4-7(5-10(20-2)11(9)18)3-8-6-16-13(15)17-12(8)14/h6-8H,4-5H2,1-3H3,(H4,16,17,18,19);5-7H,4H2,1-3H3,(H4,15,16,17,18);4-6,18H,3H2,1-2H3,(H4,14,15,16,17)/i1-1;;. The van der Waals surface area contributed by atoms with Gasteiger partial charge in [-0.15, -0.1) is 0 Å². The van der Waals surface area contributed by atoms with E-state index in [1.54, 1.807) is 66.3 Å². The van der Waals surface area contributed by atoms with E-state index in [1.807, 2.05) is 31.2 Å². The molecule has 0 unspecified atom stereocenters. The van der Waals surface area contributed by atoms with Crippen LogP contribution in [0.15, 0.2) is 55.0 Å². The molecule has 0 aliphatic carbocycles. The van der Waals surface area contributed by atoms with E-state index in [4.69, 9.17) is 72.3 Å². The maximum Gasteiger partial charge on any atom is 0.221 e. The molecule has 3 aromatic heterocycles. The molecule has 13 N–H and O–H groups in total. The molecule has 0 radical (unpaired) electrons. The van der Waals surface area contributed by atoms with Crippen LogP contribution in [0.25, 0.3) is 0 Å². The Hall–Kier alpha value is -8.10. The van der Waals surface area contributed by atoms with E-state index in [2.05, 4.69) is 29.9 Å². The Balaban J connectivity index is 0.000000208. The van der Waals surface area contributed by atoms with Crippen molar-refractivity contribution >= 4 is 35.3 Å². The highest BCUT2D eigenvalue weighted by molar-refractivity contribution is 5.58. The molecule has 0 fully saturated rings. The van der Waals surface area contributed by atoms with Crippen LogP contribution < -0.4 is 72.3 Å². The number of ether oxygens (including phenoxy) is 8. The highest BCUT2D eigenvalue weighted by Crippen LogP contribution is 2.41. The van der Waals surface area contributed by atoms with E-state index in [-0.39, 0.29) is 23.6 Å². The predicted molar refractivity (Wildman–Crippen MR) is 239 cm³/mol. The molecule has 0 bridgehead atoms. The Kier molecular flexibility index (Phi) is 17.0. The molecule has 0 saturated carbocycles. The highest BCUT2D eigenvalue weighted by Gasteiger charge is 2.17. The predicted octanol–water partition coefficient (Wildman–Crippen LogP) is 3.86. The fourth-order valence-corrected chi connectivity index (χ4v) is 5.98. The molecule has 6 rings (SSSR count). The van der Waals surface area contributed by atoms with Gasteiger partial charge in [0.1, 0.15) is 17.5 Å². The highest BCUT2D eigenvalue weighted by atomic mass is 16.5. The van der Waals surface area contributed by atoms with Crippen molar-refractivity contribution in [2.24, 2.45) is 0 Å². The number of anilines is 6. The van der Waals surface area contributed by atoms with Crippen LogP contribution >= 0.6 is 0 Å². The van der Waals surface area contributed by atoms with Crippen molar-refractivity contribution in [2.45, 2.75) is 26.2 Å². The number of nitrogens with zero attached hydrogens (tertiary/aromatic N) is 6. The van der Waals surface area contributed by atoms with Crippen molar-refractivity contribution in [3.05, 3.63) is 88.4 Å². The minimum absolute atomic E-state index is 0.0414. The molecule has 336 valence electrons. The molecule has 21 nitrogen and oxygen atoms in total. The molecule has 0 atom stereocenters. The summed E-state index contributed by atoms with van der Waals surface area (Å²) in [5.74, 6) is 5.60. The Labute approximate surface area is 364 Å². The number of methoxy groups -OCH3 is 7. The molecule has 0 amide bonds. The second kappa shape index (κ2) is 22.5. The van der Waals surface area contributed by atoms with Crippen LogP contribution in [-0.4, -0.2) is 91.4 Å². The smallest absolute Gasteiger partial charge is 0.221 e. The number of phenols is 1. The number of hydrogen-bond acceptors (Lipinski definition) is 21. The number of benzene rings is 3. The molecule has 3 heterocycles. The second-order valence-electron chi connectivity index (χ2n) is 13.1. The normalized spacial score (nSPS) is 10.3. The zero-order chi connectivity index (χ0) is 46.2. The Morgan fingerprint density at radius 2 is 0.714 bits per heavy atom. The summed E-state index contributed by atoms with van der Waals surface area (Å²) >= 11 is 0. The van der Waals surface area contributed by atoms with Gasteiger partial charge < -0.3 is 77.4 Å². The van der Waals surface area contributed by atoms with Crippen LogP contribution in [0, 0.1) is 0 Å². The third-order valence-corrected chi connectivity index (χ3v) is 9.01. The lowest BCUT2D eigenvalue weighted by Gasteiger charge is -2.15. The van der Waals surface area contributed by atoms with Crippen LogP contribution in [0.1, 0.15) is 40.3 Å². The average molecular weight is 870 g/mol. The second-order valence-corrected chi connectivity index (χ2v) is 13.1. The molecule has 63 heavy (non-hydrogen) atoms. The number of aromatic nitrogens is 6. The number of aromatic hydroxyl groups is 1. The van der Waals surface area contributed by atoms with E-state index < -0.39 is 0 Å². The minimum Gasteiger partial charge on any atom is -0.502 e. The third kappa shape index (κ3) is 12.5. The van der Waals surface area contributed by atoms with Gasteiger partial charge in [0, 0.05) is 54.5 Å². The fraction of sp³-hybridized carbons (Fsp3) is 0.286. The summed E-state index contributed by atoms with van der Waals surface area (Å²) in [7, 11) is 10.8. The van der Waals surface area contributed by atoms with Crippen molar-refractivity contribution < 1.29 is 43.0 Å². The van der Waals surface area contributed by atoms with Gasteiger partial charge in [0.15, 0.2) is 34.5 Å². The van der Waals surface area contributed by atoms with Crippen LogP contribution in [0.2, 0.25) is 0 Å². The third-order valence-electron chi connectivity index (χ3n) is 9.01. The molecular weight excluding hydrogens is 816 g/mol. The Morgan fingerprint density at radius 3 is 0.968 bits per heavy atom. The zero-order valence-corrected chi connectivity index (χ0v) is 36.4. The van der Waals surface area contributed by atoms with Gasteiger partial charge in [0.25, 0.3) is 0 Å². The quantitative estimate of drug-likeness (QED) is 0.0770. The molecule has 0 saturated heterocycles. The molecule has 0 aliphatic heterocycles. The monoisotopic (exact) mass is 869 g/mol. The first kappa shape index (κ1) is 47.6. The topological polar surface area (TPSA) is 328 Å². The van der Waals surface area contributed by atoms with Gasteiger partial charge in [0.05, 0.1) is 56.4 Å². The lowest BCUT2D eigenvalue weighted by atomic mass is 10.1. The van der Waals surface area contributed by atoms with E-state index in [0.717, 1.165) is 33.4 Å². The maximum atomic E-state index is 9.85. The van der Waals surface area contributed by atoms with Gasteiger partial charge in [-0.1, -0.05) is 0 Å². The summed E-state index contributed by atoms with van der Waals surface area (Å²) in [4.78, 5) is 23.6. The molecule has 21 heteroatoms. The van der Waals surface area contributed by atoms with Crippen LogP contribution in [0.3, 0.4) is 0 Å². The molecular formula is C42H54N12O9. The Bertz CT molecular complexity index is 2400. The number of phenolic OH excluding ortho intramolecular Hbond substituents is 1. The number of rotatable bonds is 15. The zero-order valence-electron chi connectivity index (χ0n) is 36.4. The van der Waals surface area contributed by atoms with E-state index in [0.29, 0.717) is 89.3 Å². The van der Waals surface area contributed by atoms with E-state index in [1.165, 1.54) is 14.2 Å². The van der Waals surface area contributed by atoms with Gasteiger partial charge in [-0.2, -0.15) is 15.0 Å². The number of hydrogen-bond donors (Lipinski definition) is 7. The van der Waals surface area contributed by atoms with E-state index >= 15 is 0 Å². The average Bonchev–Trinajstić information content (AvgIpc) is 3.27. The van der Waals surface area contributed by atoms with Crippen LogP contribution in [0.4, 0.5) is 35.3 Å². The van der Waals surface area contributed by atoms with Gasteiger partial charge >= 0.3 is 0 Å². The summed E-state index contributed by atoms with van der Waals surface area (Å²) < 4.78 is 42.5. The van der Waals surface area contributed by atoms with Crippen molar-refractivity contribution in [3.63, 3.8) is 0 Å². The first-order valence-corrected chi connectivity index (χ1v) is 18.9. The van der Waals surface area contributed by atoms with Crippen molar-refractivity contribution in [1.29, 1.82) is 0 Å². The number of nitrogens with two attached hydrogens (primary N) is 6. The number of nitrogen functional groups attached to an aromatic ring is 6. The Morgan fingerprint density at radius 1 is 0.429 bits per heavy atom. The summed E-state index contributed by atoms with van der Waals surface area (Å²) in [6.07, 6.45) is 6.34. The van der Waals surface area contributed by atoms with Crippen LogP contribution in [0.5, 0.6) is 51.7 Å². The summed E-state index contributed by atoms with van der Waals surface area (Å²) in [5.41, 5.74) is 39.0. The van der Waals surface area contributed by atoms with E-state index in [9.17, 15) is 5.11 Å². The molecule has 0 aliphatic rings. The first-order chi connectivity index (χ1) is 30.2. The van der Waals surface area contributed by atoms with Gasteiger partial charge in [-0.3, -0.25) is 0 Å². The SMILES string of the molecule is COc1cc(Cc2cnc(N)nc2N)cc(OC)c1O.COc1cc(Cc2cnc(N)nc2N)cc(OC)c1OC.COc1cc(Cc2cnc(N)nc2N)cc(OC)c1OC[11CH3]. The van der Waals surface area contributed by atoms with Gasteiger partial charge in [0.2, 0.25) is 35.1 Å². The van der Waals surface area contributed by atoms with Crippen molar-refractivity contribution in [2.75, 3.05) is 90.8 Å². The van der Waals surface area contributed by atoms with Crippen molar-refractivity contribution in [1.82, 2.24) is 29.9 Å².